The third-order valence-electron chi connectivity index (χ3n) is 3.07. The summed E-state index contributed by atoms with van der Waals surface area (Å²) in [6.45, 7) is 2.10. The zero-order chi connectivity index (χ0) is 9.84. The van der Waals surface area contributed by atoms with Crippen molar-refractivity contribution in [2.75, 3.05) is 0 Å². The smallest absolute Gasteiger partial charge is 0.338 e. The lowest BCUT2D eigenvalue weighted by Crippen LogP contribution is -2.24. The van der Waals surface area contributed by atoms with Gasteiger partial charge in [0, 0.05) is 0 Å². The molecule has 13 heavy (non-hydrogen) atoms. The molecule has 2 nitrogen and oxygen atoms in total. The van der Waals surface area contributed by atoms with Crippen molar-refractivity contribution in [2.24, 2.45) is 11.8 Å². The number of carboxylic acid groups (broad SMARTS) is 1. The summed E-state index contributed by atoms with van der Waals surface area (Å²) < 4.78 is 12.9. The molecule has 0 amide bonds. The maximum absolute atomic E-state index is 12.9. The Hall–Kier alpha value is -0.600. The molecule has 1 saturated carbocycles. The minimum Gasteiger partial charge on any atom is -0.479 e. The van der Waals surface area contributed by atoms with Gasteiger partial charge in [-0.2, -0.15) is 0 Å². The molecule has 1 aliphatic rings. The Balaban J connectivity index is 2.37. The molecule has 0 heterocycles. The van der Waals surface area contributed by atoms with Crippen molar-refractivity contribution in [2.45, 2.75) is 45.2 Å². The van der Waals surface area contributed by atoms with E-state index >= 15 is 0 Å². The molecule has 0 aromatic rings. The van der Waals surface area contributed by atoms with E-state index < -0.39 is 12.1 Å². The first kappa shape index (κ1) is 10.5. The average Bonchev–Trinajstić information content (AvgIpc) is 2.08. The van der Waals surface area contributed by atoms with Gasteiger partial charge in [0.2, 0.25) is 0 Å². The molecule has 0 radical (unpaired) electrons. The van der Waals surface area contributed by atoms with Crippen LogP contribution in [0.15, 0.2) is 0 Å². The number of hydrogen-bond acceptors (Lipinski definition) is 1. The van der Waals surface area contributed by atoms with Crippen LogP contribution in [0.3, 0.4) is 0 Å². The van der Waals surface area contributed by atoms with E-state index in [-0.39, 0.29) is 12.3 Å². The molecule has 0 aromatic carbocycles. The van der Waals surface area contributed by atoms with Gasteiger partial charge in [0.15, 0.2) is 6.17 Å². The summed E-state index contributed by atoms with van der Waals surface area (Å²) in [5.74, 6) is -0.538. The molecule has 1 fully saturated rings. The van der Waals surface area contributed by atoms with Crippen molar-refractivity contribution in [1.82, 2.24) is 0 Å². The second-order valence-corrected chi connectivity index (χ2v) is 4.06. The summed E-state index contributed by atoms with van der Waals surface area (Å²) in [4.78, 5) is 10.3. The molecule has 0 spiro atoms. The van der Waals surface area contributed by atoms with Crippen molar-refractivity contribution in [3.05, 3.63) is 0 Å². The molecule has 3 atom stereocenters. The first-order chi connectivity index (χ1) is 6.11. The fourth-order valence-corrected chi connectivity index (χ4v) is 2.11. The maximum atomic E-state index is 12.9. The van der Waals surface area contributed by atoms with Crippen LogP contribution in [0.2, 0.25) is 0 Å². The highest BCUT2D eigenvalue weighted by Gasteiger charge is 2.27. The SMILES string of the molecule is CC1CCCCC1CC(F)C(=O)O. The van der Waals surface area contributed by atoms with Crippen molar-refractivity contribution < 1.29 is 14.3 Å². The number of rotatable bonds is 3. The molecule has 76 valence electrons. The number of aliphatic carboxylic acids is 1. The topological polar surface area (TPSA) is 37.3 Å². The number of carbonyl (C=O) groups is 1. The van der Waals surface area contributed by atoms with E-state index in [1.807, 2.05) is 0 Å². The van der Waals surface area contributed by atoms with Gasteiger partial charge in [-0.1, -0.05) is 32.6 Å². The maximum Gasteiger partial charge on any atom is 0.338 e. The Kier molecular flexibility index (Phi) is 3.70. The molecule has 0 aromatic heterocycles. The Bertz CT molecular complexity index is 182. The van der Waals surface area contributed by atoms with E-state index in [4.69, 9.17) is 5.11 Å². The molecule has 3 heteroatoms. The summed E-state index contributed by atoms with van der Waals surface area (Å²) in [6.07, 6.45) is 3.00. The molecular formula is C10H17FO2. The number of halogens is 1. The Morgan fingerprint density at radius 3 is 2.69 bits per heavy atom. The van der Waals surface area contributed by atoms with Crippen LogP contribution in [0.4, 0.5) is 4.39 Å². The standard InChI is InChI=1S/C10H17FO2/c1-7-4-2-3-5-8(7)6-9(11)10(12)13/h7-9H,2-6H2,1H3,(H,12,13). The van der Waals surface area contributed by atoms with E-state index in [0.717, 1.165) is 19.3 Å². The van der Waals surface area contributed by atoms with E-state index in [1.165, 1.54) is 6.42 Å². The summed E-state index contributed by atoms with van der Waals surface area (Å²) in [5.41, 5.74) is 0. The third kappa shape index (κ3) is 2.98. The second-order valence-electron chi connectivity index (χ2n) is 4.06. The highest BCUT2D eigenvalue weighted by atomic mass is 19.1. The van der Waals surface area contributed by atoms with E-state index in [1.54, 1.807) is 0 Å². The lowest BCUT2D eigenvalue weighted by atomic mass is 9.78. The van der Waals surface area contributed by atoms with Crippen molar-refractivity contribution >= 4 is 5.97 Å². The fourth-order valence-electron chi connectivity index (χ4n) is 2.11. The number of hydrogen-bond donors (Lipinski definition) is 1. The van der Waals surface area contributed by atoms with Crippen LogP contribution in [-0.4, -0.2) is 17.2 Å². The van der Waals surface area contributed by atoms with Crippen molar-refractivity contribution in [1.29, 1.82) is 0 Å². The van der Waals surface area contributed by atoms with Crippen LogP contribution in [0.1, 0.15) is 39.0 Å². The lowest BCUT2D eigenvalue weighted by Gasteiger charge is -2.28. The van der Waals surface area contributed by atoms with E-state index in [9.17, 15) is 9.18 Å². The normalized spacial score (nSPS) is 31.2. The quantitative estimate of drug-likeness (QED) is 0.739. The molecule has 0 aliphatic heterocycles. The third-order valence-corrected chi connectivity index (χ3v) is 3.07. The van der Waals surface area contributed by atoms with Gasteiger partial charge >= 0.3 is 5.97 Å². The number of alkyl halides is 1. The minimum absolute atomic E-state index is 0.205. The van der Waals surface area contributed by atoms with Crippen molar-refractivity contribution in [3.63, 3.8) is 0 Å². The molecular weight excluding hydrogens is 171 g/mol. The monoisotopic (exact) mass is 188 g/mol. The Morgan fingerprint density at radius 2 is 2.15 bits per heavy atom. The van der Waals surface area contributed by atoms with Gasteiger partial charge in [-0.05, 0) is 18.3 Å². The molecule has 3 unspecified atom stereocenters. The predicted octanol–water partition coefficient (Wildman–Crippen LogP) is 2.63. The highest BCUT2D eigenvalue weighted by Crippen LogP contribution is 2.33. The van der Waals surface area contributed by atoms with Gasteiger partial charge in [-0.15, -0.1) is 0 Å². The molecule has 1 rings (SSSR count). The molecule has 0 bridgehead atoms. The summed E-state index contributed by atoms with van der Waals surface area (Å²) in [7, 11) is 0. The first-order valence-corrected chi connectivity index (χ1v) is 4.98. The van der Waals surface area contributed by atoms with Gasteiger partial charge in [-0.25, -0.2) is 9.18 Å². The summed E-state index contributed by atoms with van der Waals surface area (Å²) >= 11 is 0. The fraction of sp³-hybridized carbons (Fsp3) is 0.900. The van der Waals surface area contributed by atoms with Crippen LogP contribution in [0.25, 0.3) is 0 Å². The van der Waals surface area contributed by atoms with E-state index in [0.29, 0.717) is 5.92 Å². The van der Waals surface area contributed by atoms with Gasteiger partial charge in [0.1, 0.15) is 0 Å². The van der Waals surface area contributed by atoms with Gasteiger partial charge in [0.05, 0.1) is 0 Å². The average molecular weight is 188 g/mol. The van der Waals surface area contributed by atoms with Crippen LogP contribution in [0, 0.1) is 11.8 Å². The number of carboxylic acids is 1. The zero-order valence-corrected chi connectivity index (χ0v) is 8.00. The van der Waals surface area contributed by atoms with Crippen LogP contribution in [0.5, 0.6) is 0 Å². The second kappa shape index (κ2) is 4.58. The minimum atomic E-state index is -1.66. The van der Waals surface area contributed by atoms with E-state index in [2.05, 4.69) is 6.92 Å². The Labute approximate surface area is 78.1 Å². The zero-order valence-electron chi connectivity index (χ0n) is 8.00. The van der Waals surface area contributed by atoms with Crippen molar-refractivity contribution in [3.8, 4) is 0 Å². The van der Waals surface area contributed by atoms with Gasteiger partial charge < -0.3 is 5.11 Å². The first-order valence-electron chi connectivity index (χ1n) is 4.98. The molecule has 1 N–H and O–H groups in total. The Morgan fingerprint density at radius 1 is 1.54 bits per heavy atom. The van der Waals surface area contributed by atoms with Crippen LogP contribution >= 0.6 is 0 Å². The molecule has 1 aliphatic carbocycles. The summed E-state index contributed by atoms with van der Waals surface area (Å²) in [6, 6.07) is 0. The largest absolute Gasteiger partial charge is 0.479 e. The highest BCUT2D eigenvalue weighted by molar-refractivity contribution is 5.72. The lowest BCUT2D eigenvalue weighted by molar-refractivity contribution is -0.143. The predicted molar refractivity (Wildman–Crippen MR) is 48.3 cm³/mol. The molecule has 0 saturated heterocycles. The van der Waals surface area contributed by atoms with Gasteiger partial charge in [0.25, 0.3) is 0 Å². The van der Waals surface area contributed by atoms with Crippen LogP contribution in [-0.2, 0) is 4.79 Å². The summed E-state index contributed by atoms with van der Waals surface area (Å²) in [5, 5.41) is 8.42. The van der Waals surface area contributed by atoms with Crippen LogP contribution < -0.4 is 0 Å². The van der Waals surface area contributed by atoms with Gasteiger partial charge in [-0.3, -0.25) is 0 Å².